The highest BCUT2D eigenvalue weighted by Gasteiger charge is 2.15. The van der Waals surface area contributed by atoms with E-state index in [1.807, 2.05) is 31.2 Å². The Hall–Kier alpha value is -2.30. The minimum Gasteiger partial charge on any atom is -0.481 e. The predicted molar refractivity (Wildman–Crippen MR) is 73.1 cm³/mol. The number of aromatic nitrogens is 2. The van der Waals surface area contributed by atoms with E-state index >= 15 is 0 Å². The maximum atomic E-state index is 11.9. The Kier molecular flexibility index (Phi) is 3.85. The van der Waals surface area contributed by atoms with Gasteiger partial charge in [-0.2, -0.15) is 5.10 Å². The number of hydrogen-bond acceptors (Lipinski definition) is 3. The van der Waals surface area contributed by atoms with Crippen molar-refractivity contribution in [2.45, 2.75) is 20.0 Å². The van der Waals surface area contributed by atoms with Crippen LogP contribution in [0.2, 0.25) is 0 Å². The zero-order valence-corrected chi connectivity index (χ0v) is 11.3. The second-order valence-corrected chi connectivity index (χ2v) is 4.44. The first-order chi connectivity index (χ1) is 9.04. The fourth-order valence-electron chi connectivity index (χ4n) is 1.66. The first-order valence-electron chi connectivity index (χ1n) is 6.08. The molecule has 1 aromatic heterocycles. The lowest BCUT2D eigenvalue weighted by atomic mass is 10.2. The van der Waals surface area contributed by atoms with Crippen molar-refractivity contribution < 1.29 is 9.53 Å². The number of nitrogens with one attached hydrogen (secondary N) is 1. The van der Waals surface area contributed by atoms with Crippen LogP contribution in [-0.4, -0.2) is 21.8 Å². The molecule has 2 rings (SSSR count). The normalized spacial score (nSPS) is 11.9. The van der Waals surface area contributed by atoms with E-state index in [4.69, 9.17) is 4.74 Å². The topological polar surface area (TPSA) is 56.1 Å². The van der Waals surface area contributed by atoms with E-state index in [9.17, 15) is 4.79 Å². The largest absolute Gasteiger partial charge is 0.481 e. The summed E-state index contributed by atoms with van der Waals surface area (Å²) in [5.41, 5.74) is 1.09. The lowest BCUT2D eigenvalue weighted by Crippen LogP contribution is -2.30. The van der Waals surface area contributed by atoms with E-state index in [2.05, 4.69) is 10.4 Å². The summed E-state index contributed by atoms with van der Waals surface area (Å²) >= 11 is 0. The first kappa shape index (κ1) is 13.1. The van der Waals surface area contributed by atoms with Gasteiger partial charge in [0.15, 0.2) is 11.9 Å². The van der Waals surface area contributed by atoms with Crippen molar-refractivity contribution in [2.24, 2.45) is 7.05 Å². The van der Waals surface area contributed by atoms with E-state index < -0.39 is 6.10 Å². The van der Waals surface area contributed by atoms with Crippen molar-refractivity contribution in [3.05, 3.63) is 42.1 Å². The maximum absolute atomic E-state index is 11.9. The summed E-state index contributed by atoms with van der Waals surface area (Å²) in [7, 11) is 1.79. The molecule has 0 aliphatic heterocycles. The number of hydrogen-bond donors (Lipinski definition) is 1. The van der Waals surface area contributed by atoms with Gasteiger partial charge in [0.05, 0.1) is 0 Å². The van der Waals surface area contributed by atoms with Gasteiger partial charge < -0.3 is 10.1 Å². The molecule has 0 bridgehead atoms. The Bertz CT molecular complexity index is 578. The summed E-state index contributed by atoms with van der Waals surface area (Å²) in [6.07, 6.45) is 1.19. The van der Waals surface area contributed by atoms with Crippen molar-refractivity contribution in [2.75, 3.05) is 5.32 Å². The molecular formula is C14H17N3O2. The highest BCUT2D eigenvalue weighted by atomic mass is 16.5. The van der Waals surface area contributed by atoms with Crippen molar-refractivity contribution in [3.8, 4) is 5.75 Å². The van der Waals surface area contributed by atoms with Gasteiger partial charge in [-0.3, -0.25) is 9.48 Å². The Balaban J connectivity index is 1.96. The van der Waals surface area contributed by atoms with Crippen molar-refractivity contribution in [3.63, 3.8) is 0 Å². The summed E-state index contributed by atoms with van der Waals surface area (Å²) in [5.74, 6) is 0.982. The third-order valence-corrected chi connectivity index (χ3v) is 2.64. The molecule has 1 unspecified atom stereocenters. The van der Waals surface area contributed by atoms with E-state index in [1.165, 1.54) is 0 Å². The molecule has 19 heavy (non-hydrogen) atoms. The van der Waals surface area contributed by atoms with Crippen LogP contribution in [0.1, 0.15) is 12.5 Å². The van der Waals surface area contributed by atoms with Crippen molar-refractivity contribution >= 4 is 11.7 Å². The fraction of sp³-hybridized carbons (Fsp3) is 0.286. The summed E-state index contributed by atoms with van der Waals surface area (Å²) < 4.78 is 7.22. The molecule has 1 amide bonds. The van der Waals surface area contributed by atoms with Crippen LogP contribution < -0.4 is 10.1 Å². The van der Waals surface area contributed by atoms with Gasteiger partial charge in [-0.1, -0.05) is 12.1 Å². The highest BCUT2D eigenvalue weighted by Crippen LogP contribution is 2.14. The van der Waals surface area contributed by atoms with Gasteiger partial charge in [-0.05, 0) is 31.5 Å². The van der Waals surface area contributed by atoms with Gasteiger partial charge in [0.1, 0.15) is 5.75 Å². The number of ether oxygens (including phenoxy) is 1. The second kappa shape index (κ2) is 5.56. The lowest BCUT2D eigenvalue weighted by molar-refractivity contribution is -0.122. The summed E-state index contributed by atoms with van der Waals surface area (Å²) in [4.78, 5) is 11.9. The van der Waals surface area contributed by atoms with Gasteiger partial charge in [-0.15, -0.1) is 0 Å². The van der Waals surface area contributed by atoms with Crippen LogP contribution in [0.5, 0.6) is 5.75 Å². The molecule has 1 heterocycles. The average Bonchev–Trinajstić information content (AvgIpc) is 2.74. The van der Waals surface area contributed by atoms with Gasteiger partial charge in [0, 0.05) is 19.3 Å². The zero-order chi connectivity index (χ0) is 13.8. The number of amides is 1. The van der Waals surface area contributed by atoms with Crippen molar-refractivity contribution in [1.82, 2.24) is 9.78 Å². The van der Waals surface area contributed by atoms with Crippen LogP contribution in [0.4, 0.5) is 5.82 Å². The number of anilines is 1. The average molecular weight is 259 g/mol. The van der Waals surface area contributed by atoms with E-state index in [0.717, 1.165) is 5.56 Å². The number of carbonyl (C=O) groups is 1. The van der Waals surface area contributed by atoms with E-state index in [1.54, 1.807) is 30.9 Å². The molecule has 0 aliphatic rings. The quantitative estimate of drug-likeness (QED) is 0.915. The van der Waals surface area contributed by atoms with Crippen LogP contribution in [0.15, 0.2) is 36.5 Å². The number of benzene rings is 1. The zero-order valence-electron chi connectivity index (χ0n) is 11.3. The Labute approximate surface area is 112 Å². The minimum absolute atomic E-state index is 0.222. The van der Waals surface area contributed by atoms with E-state index in [0.29, 0.717) is 11.6 Å². The number of carbonyl (C=O) groups excluding carboxylic acids is 1. The minimum atomic E-state index is -0.580. The molecule has 2 aromatic rings. The third-order valence-electron chi connectivity index (χ3n) is 2.64. The SMILES string of the molecule is Cc1cccc(OC(C)C(=O)Nc2ccn(C)n2)c1. The van der Waals surface area contributed by atoms with E-state index in [-0.39, 0.29) is 5.91 Å². The van der Waals surface area contributed by atoms with Crippen LogP contribution in [-0.2, 0) is 11.8 Å². The van der Waals surface area contributed by atoms with Gasteiger partial charge in [-0.25, -0.2) is 0 Å². The molecule has 100 valence electrons. The number of rotatable bonds is 4. The smallest absolute Gasteiger partial charge is 0.266 e. The molecular weight excluding hydrogens is 242 g/mol. The Morgan fingerprint density at radius 1 is 1.42 bits per heavy atom. The number of aryl methyl sites for hydroxylation is 2. The van der Waals surface area contributed by atoms with Crippen LogP contribution in [0.3, 0.4) is 0 Å². The molecule has 0 saturated carbocycles. The monoisotopic (exact) mass is 259 g/mol. The van der Waals surface area contributed by atoms with Gasteiger partial charge in [0.2, 0.25) is 0 Å². The van der Waals surface area contributed by atoms with Crippen molar-refractivity contribution in [1.29, 1.82) is 0 Å². The predicted octanol–water partition coefficient (Wildman–Crippen LogP) is 2.13. The Morgan fingerprint density at radius 3 is 2.84 bits per heavy atom. The fourth-order valence-corrected chi connectivity index (χ4v) is 1.66. The molecule has 0 aliphatic carbocycles. The van der Waals surface area contributed by atoms with Crippen LogP contribution >= 0.6 is 0 Å². The molecule has 1 atom stereocenters. The molecule has 0 radical (unpaired) electrons. The molecule has 1 N–H and O–H groups in total. The molecule has 0 spiro atoms. The molecule has 0 saturated heterocycles. The molecule has 0 fully saturated rings. The molecule has 1 aromatic carbocycles. The summed E-state index contributed by atoms with van der Waals surface area (Å²) in [6, 6.07) is 9.33. The summed E-state index contributed by atoms with van der Waals surface area (Å²) in [6.45, 7) is 3.69. The lowest BCUT2D eigenvalue weighted by Gasteiger charge is -2.14. The summed E-state index contributed by atoms with van der Waals surface area (Å²) in [5, 5.41) is 6.78. The third kappa shape index (κ3) is 3.58. The number of nitrogens with zero attached hydrogens (tertiary/aromatic N) is 2. The highest BCUT2D eigenvalue weighted by molar-refractivity contribution is 5.93. The molecule has 5 nitrogen and oxygen atoms in total. The van der Waals surface area contributed by atoms with Gasteiger partial charge in [0.25, 0.3) is 5.91 Å². The second-order valence-electron chi connectivity index (χ2n) is 4.44. The van der Waals surface area contributed by atoms with Gasteiger partial charge >= 0.3 is 0 Å². The molecule has 5 heteroatoms. The first-order valence-corrected chi connectivity index (χ1v) is 6.08. The standard InChI is InChI=1S/C14H17N3O2/c1-10-5-4-6-12(9-10)19-11(2)14(18)15-13-7-8-17(3)16-13/h4-9,11H,1-3H3,(H,15,16,18). The Morgan fingerprint density at radius 2 is 2.21 bits per heavy atom. The van der Waals surface area contributed by atoms with Crippen LogP contribution in [0, 0.1) is 6.92 Å². The maximum Gasteiger partial charge on any atom is 0.266 e. The van der Waals surface area contributed by atoms with Crippen LogP contribution in [0.25, 0.3) is 0 Å².